The normalized spacial score (nSPS) is 12.4. The zero-order valence-electron chi connectivity index (χ0n) is 14.4. The van der Waals surface area contributed by atoms with Crippen LogP contribution < -0.4 is 5.32 Å². The van der Waals surface area contributed by atoms with Crippen LogP contribution in [0.15, 0.2) is 49.3 Å². The van der Waals surface area contributed by atoms with E-state index in [2.05, 4.69) is 65.3 Å². The van der Waals surface area contributed by atoms with Crippen LogP contribution in [0.1, 0.15) is 29.0 Å². The smallest absolute Gasteiger partial charge is 0.138 e. The summed E-state index contributed by atoms with van der Waals surface area (Å²) in [6, 6.07) is 8.62. The second-order valence-electron chi connectivity index (χ2n) is 6.11. The van der Waals surface area contributed by atoms with E-state index in [0.29, 0.717) is 0 Å². The topological polar surface area (TPSA) is 55.6 Å². The molecule has 0 radical (unpaired) electrons. The third-order valence-electron chi connectivity index (χ3n) is 4.51. The SMILES string of the molecule is Cc1sc2ncnc(NC(C)c3ccc(-n4ccnc4)cc3)c2c1C. The van der Waals surface area contributed by atoms with Gasteiger partial charge in [0.2, 0.25) is 0 Å². The second-order valence-corrected chi connectivity index (χ2v) is 7.32. The molecule has 1 aromatic carbocycles. The highest BCUT2D eigenvalue weighted by molar-refractivity contribution is 7.18. The van der Waals surface area contributed by atoms with Crippen molar-refractivity contribution >= 4 is 27.4 Å². The van der Waals surface area contributed by atoms with Crippen LogP contribution in [0.25, 0.3) is 15.9 Å². The fraction of sp³-hybridized carbons (Fsp3) is 0.211. The third-order valence-corrected chi connectivity index (χ3v) is 5.63. The zero-order valence-corrected chi connectivity index (χ0v) is 15.2. The summed E-state index contributed by atoms with van der Waals surface area (Å²) in [7, 11) is 0. The minimum Gasteiger partial charge on any atom is -0.363 e. The van der Waals surface area contributed by atoms with E-state index in [0.717, 1.165) is 21.7 Å². The molecule has 6 heteroatoms. The molecule has 0 spiro atoms. The van der Waals surface area contributed by atoms with Gasteiger partial charge < -0.3 is 9.88 Å². The molecule has 0 fully saturated rings. The summed E-state index contributed by atoms with van der Waals surface area (Å²) in [6.07, 6.45) is 7.16. The predicted molar refractivity (Wildman–Crippen MR) is 102 cm³/mol. The third kappa shape index (κ3) is 2.89. The molecule has 3 heterocycles. The Hall–Kier alpha value is -2.73. The lowest BCUT2D eigenvalue weighted by atomic mass is 10.1. The molecule has 0 aliphatic heterocycles. The highest BCUT2D eigenvalue weighted by atomic mass is 32.1. The van der Waals surface area contributed by atoms with Crippen molar-refractivity contribution in [3.8, 4) is 5.69 Å². The molecule has 3 aromatic heterocycles. The molecule has 1 N–H and O–H groups in total. The average molecular weight is 349 g/mol. The van der Waals surface area contributed by atoms with E-state index in [1.807, 2.05) is 10.8 Å². The summed E-state index contributed by atoms with van der Waals surface area (Å²) in [5.74, 6) is 0.901. The minimum atomic E-state index is 0.148. The first-order valence-corrected chi connectivity index (χ1v) is 9.00. The van der Waals surface area contributed by atoms with Crippen molar-refractivity contribution in [1.29, 1.82) is 0 Å². The molecule has 1 unspecified atom stereocenters. The summed E-state index contributed by atoms with van der Waals surface area (Å²) in [5, 5.41) is 4.68. The average Bonchev–Trinajstić information content (AvgIpc) is 3.25. The predicted octanol–water partition coefficient (Wildman–Crippen LogP) is 4.67. The van der Waals surface area contributed by atoms with Gasteiger partial charge in [0, 0.05) is 29.0 Å². The van der Waals surface area contributed by atoms with E-state index in [4.69, 9.17) is 0 Å². The zero-order chi connectivity index (χ0) is 17.4. The molecule has 0 amide bonds. The van der Waals surface area contributed by atoms with Gasteiger partial charge >= 0.3 is 0 Å². The Morgan fingerprint density at radius 1 is 1.12 bits per heavy atom. The van der Waals surface area contributed by atoms with Gasteiger partial charge in [0.15, 0.2) is 0 Å². The lowest BCUT2D eigenvalue weighted by Gasteiger charge is -2.16. The van der Waals surface area contributed by atoms with Crippen molar-refractivity contribution in [3.05, 3.63) is 65.3 Å². The number of nitrogens with zero attached hydrogens (tertiary/aromatic N) is 4. The van der Waals surface area contributed by atoms with Crippen LogP contribution in [0, 0.1) is 13.8 Å². The van der Waals surface area contributed by atoms with Gasteiger partial charge in [-0.3, -0.25) is 0 Å². The number of benzene rings is 1. The van der Waals surface area contributed by atoms with Gasteiger partial charge in [-0.25, -0.2) is 15.0 Å². The van der Waals surface area contributed by atoms with Crippen LogP contribution in [0.5, 0.6) is 0 Å². The van der Waals surface area contributed by atoms with E-state index < -0.39 is 0 Å². The van der Waals surface area contributed by atoms with Crippen LogP contribution in [0.4, 0.5) is 5.82 Å². The number of hydrogen-bond acceptors (Lipinski definition) is 5. The molecule has 4 aromatic rings. The maximum absolute atomic E-state index is 4.48. The maximum atomic E-state index is 4.48. The van der Waals surface area contributed by atoms with Crippen molar-refractivity contribution in [1.82, 2.24) is 19.5 Å². The summed E-state index contributed by atoms with van der Waals surface area (Å²) < 4.78 is 1.99. The molecule has 25 heavy (non-hydrogen) atoms. The summed E-state index contributed by atoms with van der Waals surface area (Å²) in [6.45, 7) is 6.41. The summed E-state index contributed by atoms with van der Waals surface area (Å²) in [5.41, 5.74) is 3.56. The number of thiophene rings is 1. The molecule has 0 saturated heterocycles. The number of nitrogens with one attached hydrogen (secondary N) is 1. The Morgan fingerprint density at radius 3 is 2.64 bits per heavy atom. The number of rotatable bonds is 4. The minimum absolute atomic E-state index is 0.148. The highest BCUT2D eigenvalue weighted by Crippen LogP contribution is 2.33. The van der Waals surface area contributed by atoms with Gasteiger partial charge in [0.05, 0.1) is 11.7 Å². The van der Waals surface area contributed by atoms with E-state index in [1.54, 1.807) is 30.2 Å². The van der Waals surface area contributed by atoms with E-state index in [-0.39, 0.29) is 6.04 Å². The summed E-state index contributed by atoms with van der Waals surface area (Å²) in [4.78, 5) is 15.3. The van der Waals surface area contributed by atoms with Gasteiger partial charge in [-0.1, -0.05) is 12.1 Å². The van der Waals surface area contributed by atoms with Gasteiger partial charge in [-0.05, 0) is 44.0 Å². The van der Waals surface area contributed by atoms with Crippen molar-refractivity contribution in [2.75, 3.05) is 5.32 Å². The van der Waals surface area contributed by atoms with Crippen molar-refractivity contribution in [3.63, 3.8) is 0 Å². The molecule has 126 valence electrons. The largest absolute Gasteiger partial charge is 0.363 e. The number of aromatic nitrogens is 4. The number of fused-ring (bicyclic) bond motifs is 1. The fourth-order valence-electron chi connectivity index (χ4n) is 2.93. The molecule has 1 atom stereocenters. The second kappa shape index (κ2) is 6.29. The Balaban J connectivity index is 1.61. The van der Waals surface area contributed by atoms with Crippen molar-refractivity contribution < 1.29 is 0 Å². The first-order chi connectivity index (χ1) is 12.1. The van der Waals surface area contributed by atoms with Crippen LogP contribution in [0.2, 0.25) is 0 Å². The maximum Gasteiger partial charge on any atom is 0.138 e. The van der Waals surface area contributed by atoms with Crippen LogP contribution in [0.3, 0.4) is 0 Å². The van der Waals surface area contributed by atoms with E-state index in [9.17, 15) is 0 Å². The Morgan fingerprint density at radius 2 is 1.92 bits per heavy atom. The Labute approximate surface area is 150 Å². The number of aryl methyl sites for hydroxylation is 2. The van der Waals surface area contributed by atoms with Gasteiger partial charge in [-0.15, -0.1) is 11.3 Å². The number of imidazole rings is 1. The van der Waals surface area contributed by atoms with E-state index in [1.165, 1.54) is 16.0 Å². The van der Waals surface area contributed by atoms with Gasteiger partial charge in [0.1, 0.15) is 17.0 Å². The van der Waals surface area contributed by atoms with Crippen LogP contribution in [-0.2, 0) is 0 Å². The lowest BCUT2D eigenvalue weighted by molar-refractivity contribution is 0.874. The molecule has 0 bridgehead atoms. The highest BCUT2D eigenvalue weighted by Gasteiger charge is 2.14. The van der Waals surface area contributed by atoms with Crippen molar-refractivity contribution in [2.24, 2.45) is 0 Å². The molecule has 5 nitrogen and oxygen atoms in total. The molecule has 0 aliphatic rings. The van der Waals surface area contributed by atoms with Crippen LogP contribution in [-0.4, -0.2) is 19.5 Å². The van der Waals surface area contributed by atoms with Gasteiger partial charge in [0.25, 0.3) is 0 Å². The molecular formula is C19H19N5S. The molecule has 0 aliphatic carbocycles. The lowest BCUT2D eigenvalue weighted by Crippen LogP contribution is -2.08. The fourth-order valence-corrected chi connectivity index (χ4v) is 3.92. The first kappa shape index (κ1) is 15.8. The van der Waals surface area contributed by atoms with E-state index >= 15 is 0 Å². The molecular weight excluding hydrogens is 330 g/mol. The van der Waals surface area contributed by atoms with Crippen LogP contribution >= 0.6 is 11.3 Å². The quantitative estimate of drug-likeness (QED) is 0.582. The van der Waals surface area contributed by atoms with Gasteiger partial charge in [-0.2, -0.15) is 0 Å². The molecule has 4 rings (SSSR count). The Kier molecular flexibility index (Phi) is 3.97. The Bertz CT molecular complexity index is 1000. The first-order valence-electron chi connectivity index (χ1n) is 8.19. The number of hydrogen-bond donors (Lipinski definition) is 1. The number of anilines is 1. The summed E-state index contributed by atoms with van der Waals surface area (Å²) >= 11 is 1.72. The molecule has 0 saturated carbocycles. The monoisotopic (exact) mass is 349 g/mol. The standard InChI is InChI=1S/C19H19N5S/c1-12-14(3)25-19-17(12)18(21-10-22-19)23-13(2)15-4-6-16(7-5-15)24-9-8-20-11-24/h4-11,13H,1-3H3,(H,21,22,23). The van der Waals surface area contributed by atoms with Crippen molar-refractivity contribution in [2.45, 2.75) is 26.8 Å².